The lowest BCUT2D eigenvalue weighted by atomic mass is 10.0. The quantitative estimate of drug-likeness (QED) is 0.458. The minimum atomic E-state index is -0.519. The third-order valence-corrected chi connectivity index (χ3v) is 5.09. The van der Waals surface area contributed by atoms with Crippen molar-refractivity contribution in [3.05, 3.63) is 112 Å². The van der Waals surface area contributed by atoms with E-state index in [4.69, 9.17) is 4.74 Å². The summed E-state index contributed by atoms with van der Waals surface area (Å²) in [7, 11) is 0. The predicted molar refractivity (Wildman–Crippen MR) is 117 cm³/mol. The van der Waals surface area contributed by atoms with Crippen molar-refractivity contribution in [1.82, 2.24) is 9.55 Å². The molecule has 4 aromatic rings. The Morgan fingerprint density at radius 3 is 2.13 bits per heavy atom. The van der Waals surface area contributed by atoms with E-state index in [0.717, 1.165) is 11.1 Å². The van der Waals surface area contributed by atoms with Crippen LogP contribution in [0.1, 0.15) is 40.2 Å². The van der Waals surface area contributed by atoms with E-state index in [0.29, 0.717) is 28.8 Å². The van der Waals surface area contributed by atoms with Gasteiger partial charge in [0, 0.05) is 6.54 Å². The Balaban J connectivity index is 1.72. The van der Waals surface area contributed by atoms with E-state index in [1.54, 1.807) is 29.7 Å². The van der Waals surface area contributed by atoms with Crippen LogP contribution in [0.4, 0.5) is 0 Å². The molecule has 1 heterocycles. The Morgan fingerprint density at radius 1 is 0.967 bits per heavy atom. The van der Waals surface area contributed by atoms with Crippen LogP contribution < -0.4 is 5.56 Å². The van der Waals surface area contributed by atoms with Crippen molar-refractivity contribution in [2.24, 2.45) is 0 Å². The van der Waals surface area contributed by atoms with E-state index in [1.165, 1.54) is 0 Å². The van der Waals surface area contributed by atoms with E-state index in [1.807, 2.05) is 67.6 Å². The number of esters is 1. The average Bonchev–Trinajstić information content (AvgIpc) is 2.79. The molecule has 0 atom stereocenters. The molecule has 0 bridgehead atoms. The summed E-state index contributed by atoms with van der Waals surface area (Å²) in [6, 6.07) is 24.4. The summed E-state index contributed by atoms with van der Waals surface area (Å²) in [4.78, 5) is 29.7. The van der Waals surface area contributed by atoms with Crippen LogP contribution in [0.15, 0.2) is 83.7 Å². The van der Waals surface area contributed by atoms with Crippen molar-refractivity contribution >= 4 is 17.0 Å². The van der Waals surface area contributed by atoms with Gasteiger partial charge >= 0.3 is 5.97 Å². The van der Waals surface area contributed by atoms with Crippen LogP contribution in [0.25, 0.3) is 11.0 Å². The molecular formula is C25H22N2O3. The summed E-state index contributed by atoms with van der Waals surface area (Å²) in [6.45, 7) is 4.12. The maximum Gasteiger partial charge on any atom is 0.339 e. The predicted octanol–water partition coefficient (Wildman–Crippen LogP) is 4.67. The monoisotopic (exact) mass is 398 g/mol. The SMILES string of the molecule is CCn1c(=O)c(C)nc2cc(C(=O)OC(c3ccccc3)c3ccccc3)ccc21. The van der Waals surface area contributed by atoms with Gasteiger partial charge in [-0.2, -0.15) is 0 Å². The Bertz CT molecular complexity index is 1210. The number of aromatic nitrogens is 2. The topological polar surface area (TPSA) is 61.2 Å². The third kappa shape index (κ3) is 3.74. The molecule has 5 heteroatoms. The van der Waals surface area contributed by atoms with Crippen molar-refractivity contribution in [3.8, 4) is 0 Å². The number of hydrogen-bond acceptors (Lipinski definition) is 4. The molecule has 0 fully saturated rings. The fourth-order valence-corrected chi connectivity index (χ4v) is 3.57. The normalized spacial score (nSPS) is 11.0. The van der Waals surface area contributed by atoms with Crippen LogP contribution in [0, 0.1) is 6.92 Å². The third-order valence-electron chi connectivity index (χ3n) is 5.09. The van der Waals surface area contributed by atoms with E-state index < -0.39 is 12.1 Å². The molecule has 0 radical (unpaired) electrons. The number of rotatable bonds is 5. The van der Waals surface area contributed by atoms with Crippen LogP contribution in [-0.2, 0) is 11.3 Å². The van der Waals surface area contributed by atoms with Gasteiger partial charge in [-0.05, 0) is 43.2 Å². The summed E-state index contributed by atoms with van der Waals surface area (Å²) >= 11 is 0. The summed E-state index contributed by atoms with van der Waals surface area (Å²) in [5.74, 6) is -0.441. The second kappa shape index (κ2) is 8.33. The highest BCUT2D eigenvalue weighted by Crippen LogP contribution is 2.27. The number of hydrogen-bond donors (Lipinski definition) is 0. The summed E-state index contributed by atoms with van der Waals surface area (Å²) in [5, 5.41) is 0. The highest BCUT2D eigenvalue weighted by molar-refractivity contribution is 5.93. The van der Waals surface area contributed by atoms with E-state index in [-0.39, 0.29) is 5.56 Å². The number of nitrogens with zero attached hydrogens (tertiary/aromatic N) is 2. The maximum absolute atomic E-state index is 13.0. The van der Waals surface area contributed by atoms with Gasteiger partial charge in [0.1, 0.15) is 5.69 Å². The van der Waals surface area contributed by atoms with Crippen molar-refractivity contribution in [3.63, 3.8) is 0 Å². The largest absolute Gasteiger partial charge is 0.449 e. The molecule has 0 saturated heterocycles. The molecule has 0 aliphatic rings. The Morgan fingerprint density at radius 2 is 1.57 bits per heavy atom. The lowest BCUT2D eigenvalue weighted by Crippen LogP contribution is -2.23. The van der Waals surface area contributed by atoms with Gasteiger partial charge in [-0.1, -0.05) is 60.7 Å². The number of carbonyl (C=O) groups is 1. The highest BCUT2D eigenvalue weighted by Gasteiger charge is 2.20. The molecule has 1 aromatic heterocycles. The molecule has 0 aliphatic carbocycles. The summed E-state index contributed by atoms with van der Waals surface area (Å²) in [6.07, 6.45) is -0.519. The lowest BCUT2D eigenvalue weighted by molar-refractivity contribution is 0.0378. The minimum Gasteiger partial charge on any atom is -0.449 e. The van der Waals surface area contributed by atoms with Crippen LogP contribution in [0.5, 0.6) is 0 Å². The zero-order chi connectivity index (χ0) is 21.1. The van der Waals surface area contributed by atoms with Crippen molar-refractivity contribution < 1.29 is 9.53 Å². The second-order valence-electron chi connectivity index (χ2n) is 7.06. The van der Waals surface area contributed by atoms with Crippen LogP contribution in [0.3, 0.4) is 0 Å². The van der Waals surface area contributed by atoms with Crippen molar-refractivity contribution in [2.75, 3.05) is 0 Å². The Labute approximate surface area is 174 Å². The van der Waals surface area contributed by atoms with E-state index >= 15 is 0 Å². The molecule has 4 rings (SSSR count). The van der Waals surface area contributed by atoms with Gasteiger partial charge in [-0.15, -0.1) is 0 Å². The molecule has 0 spiro atoms. The fourth-order valence-electron chi connectivity index (χ4n) is 3.57. The van der Waals surface area contributed by atoms with Gasteiger partial charge in [-0.3, -0.25) is 4.79 Å². The number of aryl methyl sites for hydroxylation is 2. The van der Waals surface area contributed by atoms with Gasteiger partial charge in [-0.25, -0.2) is 9.78 Å². The van der Waals surface area contributed by atoms with Crippen molar-refractivity contribution in [2.45, 2.75) is 26.5 Å². The summed E-state index contributed by atoms with van der Waals surface area (Å²) in [5.41, 5.74) is 3.77. The fraction of sp³-hybridized carbons (Fsp3) is 0.160. The number of benzene rings is 3. The Hall–Kier alpha value is -3.73. The molecule has 30 heavy (non-hydrogen) atoms. The summed E-state index contributed by atoms with van der Waals surface area (Å²) < 4.78 is 7.59. The lowest BCUT2D eigenvalue weighted by Gasteiger charge is -2.19. The number of carbonyl (C=O) groups excluding carboxylic acids is 1. The molecular weight excluding hydrogens is 376 g/mol. The zero-order valence-electron chi connectivity index (χ0n) is 16.9. The van der Waals surface area contributed by atoms with Crippen molar-refractivity contribution in [1.29, 1.82) is 0 Å². The van der Waals surface area contributed by atoms with Gasteiger partial charge in [0.2, 0.25) is 0 Å². The smallest absolute Gasteiger partial charge is 0.339 e. The van der Waals surface area contributed by atoms with Gasteiger partial charge in [0.15, 0.2) is 6.10 Å². The highest BCUT2D eigenvalue weighted by atomic mass is 16.5. The van der Waals surface area contributed by atoms with E-state index in [9.17, 15) is 9.59 Å². The minimum absolute atomic E-state index is 0.117. The van der Waals surface area contributed by atoms with Gasteiger partial charge in [0.05, 0.1) is 16.6 Å². The molecule has 0 amide bonds. The van der Waals surface area contributed by atoms with Crippen LogP contribution in [-0.4, -0.2) is 15.5 Å². The maximum atomic E-state index is 13.0. The number of ether oxygens (including phenoxy) is 1. The molecule has 0 N–H and O–H groups in total. The van der Waals surface area contributed by atoms with Crippen LogP contribution >= 0.6 is 0 Å². The van der Waals surface area contributed by atoms with Gasteiger partial charge < -0.3 is 9.30 Å². The zero-order valence-corrected chi connectivity index (χ0v) is 16.9. The average molecular weight is 398 g/mol. The molecule has 150 valence electrons. The molecule has 0 unspecified atom stereocenters. The standard InChI is InChI=1S/C25H22N2O3/c1-3-27-22-15-14-20(16-21(22)26-17(2)24(27)28)25(29)30-23(18-10-6-4-7-11-18)19-12-8-5-9-13-19/h4-16,23H,3H2,1-2H3. The first-order valence-electron chi connectivity index (χ1n) is 9.90. The first-order valence-corrected chi connectivity index (χ1v) is 9.90. The first kappa shape index (κ1) is 19.6. The second-order valence-corrected chi connectivity index (χ2v) is 7.06. The first-order chi connectivity index (χ1) is 14.6. The molecule has 5 nitrogen and oxygen atoms in total. The number of fused-ring (bicyclic) bond motifs is 1. The molecule has 0 aliphatic heterocycles. The van der Waals surface area contributed by atoms with E-state index in [2.05, 4.69) is 4.98 Å². The Kier molecular flexibility index (Phi) is 5.44. The van der Waals surface area contributed by atoms with Crippen LogP contribution in [0.2, 0.25) is 0 Å². The molecule has 3 aromatic carbocycles. The van der Waals surface area contributed by atoms with Gasteiger partial charge in [0.25, 0.3) is 5.56 Å². The molecule has 0 saturated carbocycles.